The number of halogens is 1. The Bertz CT molecular complexity index is 670. The average Bonchev–Trinajstić information content (AvgIpc) is 3.15. The fourth-order valence-corrected chi connectivity index (χ4v) is 3.63. The first-order chi connectivity index (χ1) is 12.2. The van der Waals surface area contributed by atoms with Crippen molar-refractivity contribution in [2.24, 2.45) is 0 Å². The number of piperazine rings is 1. The molecule has 2 amide bonds. The number of carbonyl (C=O) groups is 2. The number of nitrogens with zero attached hydrogens (tertiary/aromatic N) is 2. The molecule has 2 fully saturated rings. The molecule has 1 aromatic carbocycles. The van der Waals surface area contributed by atoms with Crippen LogP contribution in [0, 0.1) is 0 Å². The molecule has 0 aromatic heterocycles. The summed E-state index contributed by atoms with van der Waals surface area (Å²) in [5, 5.41) is 3.30. The summed E-state index contributed by atoms with van der Waals surface area (Å²) in [5.41, 5.74) is 0.595. The van der Waals surface area contributed by atoms with Crippen LogP contribution in [0.2, 0.25) is 0 Å². The number of nitrogens with one attached hydrogen (secondary N) is 1. The lowest BCUT2D eigenvalue weighted by molar-refractivity contribution is -0.135. The third kappa shape index (κ3) is 3.73. The van der Waals surface area contributed by atoms with Gasteiger partial charge in [0.05, 0.1) is 6.04 Å². The van der Waals surface area contributed by atoms with E-state index in [9.17, 15) is 9.59 Å². The molecule has 1 aromatic rings. The SMILES string of the molecule is Cl.O=C(c1ccc2c(c1)OCO2)N1CCN(C(=O)C2CCCCN2)CC1. The van der Waals surface area contributed by atoms with Gasteiger partial charge in [0, 0.05) is 31.7 Å². The Kier molecular flexibility index (Phi) is 5.88. The van der Waals surface area contributed by atoms with Gasteiger partial charge in [-0.2, -0.15) is 0 Å². The van der Waals surface area contributed by atoms with Crippen molar-refractivity contribution in [2.75, 3.05) is 39.5 Å². The van der Waals surface area contributed by atoms with E-state index >= 15 is 0 Å². The summed E-state index contributed by atoms with van der Waals surface area (Å²) >= 11 is 0. The lowest BCUT2D eigenvalue weighted by atomic mass is 10.0. The van der Waals surface area contributed by atoms with Crippen molar-refractivity contribution < 1.29 is 19.1 Å². The van der Waals surface area contributed by atoms with Gasteiger partial charge < -0.3 is 24.6 Å². The molecule has 1 N–H and O–H groups in total. The third-order valence-electron chi connectivity index (χ3n) is 5.11. The Morgan fingerprint density at radius 1 is 1.00 bits per heavy atom. The largest absolute Gasteiger partial charge is 0.454 e. The molecule has 8 heteroatoms. The molecular weight excluding hydrogens is 358 g/mol. The van der Waals surface area contributed by atoms with E-state index in [2.05, 4.69) is 5.32 Å². The molecule has 0 spiro atoms. The molecule has 142 valence electrons. The molecule has 7 nitrogen and oxygen atoms in total. The zero-order valence-electron chi connectivity index (χ0n) is 14.6. The summed E-state index contributed by atoms with van der Waals surface area (Å²) in [4.78, 5) is 28.9. The molecule has 3 heterocycles. The molecule has 2 saturated heterocycles. The van der Waals surface area contributed by atoms with Gasteiger partial charge in [-0.25, -0.2) is 0 Å². The number of hydrogen-bond donors (Lipinski definition) is 1. The van der Waals surface area contributed by atoms with Gasteiger partial charge in [0.2, 0.25) is 12.7 Å². The number of ether oxygens (including phenoxy) is 2. The van der Waals surface area contributed by atoms with Crippen LogP contribution in [-0.4, -0.2) is 67.2 Å². The Hall–Kier alpha value is -1.99. The van der Waals surface area contributed by atoms with Crippen LogP contribution >= 0.6 is 12.4 Å². The highest BCUT2D eigenvalue weighted by atomic mass is 35.5. The van der Waals surface area contributed by atoms with Crippen LogP contribution in [-0.2, 0) is 4.79 Å². The Morgan fingerprint density at radius 2 is 1.73 bits per heavy atom. The molecule has 0 radical (unpaired) electrons. The van der Waals surface area contributed by atoms with Gasteiger partial charge in [0.15, 0.2) is 11.5 Å². The normalized spacial score (nSPS) is 21.9. The van der Waals surface area contributed by atoms with E-state index in [4.69, 9.17) is 9.47 Å². The van der Waals surface area contributed by atoms with Crippen molar-refractivity contribution in [1.82, 2.24) is 15.1 Å². The van der Waals surface area contributed by atoms with Crippen molar-refractivity contribution in [3.8, 4) is 11.5 Å². The smallest absolute Gasteiger partial charge is 0.254 e. The molecule has 26 heavy (non-hydrogen) atoms. The summed E-state index contributed by atoms with van der Waals surface area (Å²) < 4.78 is 10.6. The average molecular weight is 382 g/mol. The number of piperidine rings is 1. The highest BCUT2D eigenvalue weighted by Gasteiger charge is 2.30. The van der Waals surface area contributed by atoms with E-state index in [1.54, 1.807) is 23.1 Å². The lowest BCUT2D eigenvalue weighted by Crippen LogP contribution is -2.55. The Balaban J connectivity index is 0.00000196. The second kappa shape index (κ2) is 8.14. The van der Waals surface area contributed by atoms with Crippen LogP contribution in [0.25, 0.3) is 0 Å². The fourth-order valence-electron chi connectivity index (χ4n) is 3.63. The zero-order valence-corrected chi connectivity index (χ0v) is 15.4. The van der Waals surface area contributed by atoms with Gasteiger partial charge in [0.25, 0.3) is 5.91 Å². The van der Waals surface area contributed by atoms with Crippen molar-refractivity contribution in [1.29, 1.82) is 0 Å². The molecule has 0 saturated carbocycles. The van der Waals surface area contributed by atoms with Crippen LogP contribution in [0.1, 0.15) is 29.6 Å². The number of carbonyl (C=O) groups excluding carboxylic acids is 2. The first-order valence-corrected chi connectivity index (χ1v) is 8.93. The summed E-state index contributed by atoms with van der Waals surface area (Å²) in [6.07, 6.45) is 3.16. The first kappa shape index (κ1) is 18.8. The minimum absolute atomic E-state index is 0. The first-order valence-electron chi connectivity index (χ1n) is 8.93. The number of hydrogen-bond acceptors (Lipinski definition) is 5. The second-order valence-electron chi connectivity index (χ2n) is 6.69. The minimum atomic E-state index is -0.0511. The molecule has 0 bridgehead atoms. The molecule has 3 aliphatic rings. The maximum absolute atomic E-state index is 12.7. The molecule has 0 aliphatic carbocycles. The molecular formula is C18H24ClN3O4. The molecule has 1 unspecified atom stereocenters. The van der Waals surface area contributed by atoms with Gasteiger partial charge in [0.1, 0.15) is 0 Å². The summed E-state index contributed by atoms with van der Waals surface area (Å²) in [6, 6.07) is 5.21. The van der Waals surface area contributed by atoms with E-state index < -0.39 is 0 Å². The van der Waals surface area contributed by atoms with Crippen LogP contribution in [0.4, 0.5) is 0 Å². The predicted octanol–water partition coefficient (Wildman–Crippen LogP) is 1.26. The van der Waals surface area contributed by atoms with E-state index in [1.807, 2.05) is 4.90 Å². The highest BCUT2D eigenvalue weighted by Crippen LogP contribution is 2.32. The second-order valence-corrected chi connectivity index (χ2v) is 6.69. The third-order valence-corrected chi connectivity index (χ3v) is 5.11. The predicted molar refractivity (Wildman–Crippen MR) is 97.9 cm³/mol. The lowest BCUT2D eigenvalue weighted by Gasteiger charge is -2.37. The maximum atomic E-state index is 12.7. The summed E-state index contributed by atoms with van der Waals surface area (Å²) in [7, 11) is 0. The molecule has 3 aliphatic heterocycles. The van der Waals surface area contributed by atoms with Crippen molar-refractivity contribution in [3.63, 3.8) is 0 Å². The van der Waals surface area contributed by atoms with E-state index in [0.717, 1.165) is 25.8 Å². The van der Waals surface area contributed by atoms with Gasteiger partial charge in [-0.1, -0.05) is 6.42 Å². The quantitative estimate of drug-likeness (QED) is 0.835. The molecule has 1 atom stereocenters. The summed E-state index contributed by atoms with van der Waals surface area (Å²) in [5.74, 6) is 1.44. The minimum Gasteiger partial charge on any atom is -0.454 e. The van der Waals surface area contributed by atoms with Crippen molar-refractivity contribution in [2.45, 2.75) is 25.3 Å². The topological polar surface area (TPSA) is 71.1 Å². The van der Waals surface area contributed by atoms with Crippen LogP contribution in [0.3, 0.4) is 0 Å². The standard InChI is InChI=1S/C18H23N3O4.ClH/c22-17(13-4-5-15-16(11-13)25-12-24-15)20-7-9-21(10-8-20)18(23)14-3-1-2-6-19-14;/h4-5,11,14,19H,1-3,6-10,12H2;1H. The van der Waals surface area contributed by atoms with E-state index in [-0.39, 0.29) is 37.1 Å². The van der Waals surface area contributed by atoms with Gasteiger partial charge in [-0.3, -0.25) is 9.59 Å². The van der Waals surface area contributed by atoms with Crippen LogP contribution in [0.15, 0.2) is 18.2 Å². The molecule has 4 rings (SSSR count). The number of rotatable bonds is 2. The van der Waals surface area contributed by atoms with Gasteiger partial charge >= 0.3 is 0 Å². The van der Waals surface area contributed by atoms with Crippen LogP contribution < -0.4 is 14.8 Å². The highest BCUT2D eigenvalue weighted by molar-refractivity contribution is 5.95. The number of amides is 2. The fraction of sp³-hybridized carbons (Fsp3) is 0.556. The Labute approximate surface area is 159 Å². The van der Waals surface area contributed by atoms with Crippen molar-refractivity contribution >= 4 is 24.2 Å². The monoisotopic (exact) mass is 381 g/mol. The summed E-state index contributed by atoms with van der Waals surface area (Å²) in [6.45, 7) is 3.42. The maximum Gasteiger partial charge on any atom is 0.254 e. The zero-order chi connectivity index (χ0) is 17.2. The van der Waals surface area contributed by atoms with Gasteiger partial charge in [-0.15, -0.1) is 12.4 Å². The number of benzene rings is 1. The van der Waals surface area contributed by atoms with E-state index in [1.165, 1.54) is 0 Å². The van der Waals surface area contributed by atoms with Crippen LogP contribution in [0.5, 0.6) is 11.5 Å². The number of fused-ring (bicyclic) bond motifs is 1. The Morgan fingerprint density at radius 3 is 2.46 bits per heavy atom. The van der Waals surface area contributed by atoms with E-state index in [0.29, 0.717) is 43.2 Å². The van der Waals surface area contributed by atoms with Gasteiger partial charge in [-0.05, 0) is 37.6 Å². The van der Waals surface area contributed by atoms with Crippen molar-refractivity contribution in [3.05, 3.63) is 23.8 Å².